The van der Waals surface area contributed by atoms with E-state index in [-0.39, 0.29) is 5.91 Å². The number of anilines is 1. The molecule has 0 saturated carbocycles. The third-order valence-corrected chi connectivity index (χ3v) is 5.21. The van der Waals surface area contributed by atoms with E-state index in [2.05, 4.69) is 36.3 Å². The van der Waals surface area contributed by atoms with Crippen LogP contribution in [0, 0.1) is 0 Å². The van der Waals surface area contributed by atoms with Crippen molar-refractivity contribution in [3.8, 4) is 11.5 Å². The van der Waals surface area contributed by atoms with Crippen molar-refractivity contribution in [1.82, 2.24) is 4.98 Å². The minimum Gasteiger partial charge on any atom is -0.436 e. The molecule has 0 radical (unpaired) electrons. The molecule has 0 bridgehead atoms. The number of halogens is 2. The second kappa shape index (κ2) is 7.90. The molecule has 0 fully saturated rings. The van der Waals surface area contributed by atoms with Crippen LogP contribution in [0.4, 0.5) is 5.69 Å². The summed E-state index contributed by atoms with van der Waals surface area (Å²) in [6.07, 6.45) is 0. The fraction of sp³-hybridized carbons (Fsp3) is 0.130. The van der Waals surface area contributed by atoms with E-state index in [1.165, 1.54) is 11.6 Å². The lowest BCUT2D eigenvalue weighted by molar-refractivity contribution is 0.102. The summed E-state index contributed by atoms with van der Waals surface area (Å²) in [5.74, 6) is 0.639. The molecule has 0 spiro atoms. The van der Waals surface area contributed by atoms with Gasteiger partial charge in [-0.1, -0.05) is 43.1 Å². The van der Waals surface area contributed by atoms with Crippen molar-refractivity contribution in [2.45, 2.75) is 19.8 Å². The molecule has 1 heterocycles. The number of hydrogen-bond donors (Lipinski definition) is 1. The van der Waals surface area contributed by atoms with Gasteiger partial charge in [-0.3, -0.25) is 4.79 Å². The van der Waals surface area contributed by atoms with E-state index in [9.17, 15) is 4.79 Å². The molecule has 0 atom stereocenters. The van der Waals surface area contributed by atoms with E-state index in [0.29, 0.717) is 33.1 Å². The summed E-state index contributed by atoms with van der Waals surface area (Å²) in [6, 6.07) is 18.1. The molecular weight excluding hydrogens is 407 g/mol. The van der Waals surface area contributed by atoms with Crippen molar-refractivity contribution < 1.29 is 9.21 Å². The van der Waals surface area contributed by atoms with Gasteiger partial charge in [0, 0.05) is 16.3 Å². The highest BCUT2D eigenvalue weighted by atomic mass is 35.5. The van der Waals surface area contributed by atoms with Gasteiger partial charge in [-0.05, 0) is 66.1 Å². The van der Waals surface area contributed by atoms with Crippen LogP contribution < -0.4 is 5.32 Å². The molecule has 0 unspecified atom stereocenters. The summed E-state index contributed by atoms with van der Waals surface area (Å²) in [5.41, 5.74) is 4.58. The van der Waals surface area contributed by atoms with Crippen LogP contribution in [0.5, 0.6) is 0 Å². The second-order valence-electron chi connectivity index (χ2n) is 7.06. The first-order valence-corrected chi connectivity index (χ1v) is 9.93. The van der Waals surface area contributed by atoms with Crippen molar-refractivity contribution >= 4 is 45.9 Å². The van der Waals surface area contributed by atoms with Crippen LogP contribution >= 0.6 is 23.2 Å². The highest BCUT2D eigenvalue weighted by Gasteiger charge is 2.13. The smallest absolute Gasteiger partial charge is 0.257 e. The zero-order valence-corrected chi connectivity index (χ0v) is 17.4. The van der Waals surface area contributed by atoms with Gasteiger partial charge in [0.05, 0.1) is 10.6 Å². The van der Waals surface area contributed by atoms with Gasteiger partial charge in [0.2, 0.25) is 5.89 Å². The van der Waals surface area contributed by atoms with E-state index in [1.54, 1.807) is 24.3 Å². The molecule has 1 aromatic heterocycles. The van der Waals surface area contributed by atoms with Crippen LogP contribution in [0.25, 0.3) is 22.6 Å². The number of rotatable bonds is 4. The number of benzene rings is 3. The number of nitrogens with one attached hydrogen (secondary N) is 1. The molecule has 4 aromatic rings. The summed E-state index contributed by atoms with van der Waals surface area (Å²) in [7, 11) is 0. The summed E-state index contributed by atoms with van der Waals surface area (Å²) < 4.78 is 5.88. The first kappa shape index (κ1) is 19.5. The standard InChI is InChI=1S/C23H18Cl2N2O2/c1-13(2)15-5-10-21-20(11-15)27-23(29-21)14-3-7-17(8-4-14)26-22(28)18-12-16(24)6-9-19(18)25/h3-13H,1-2H3,(H,26,28). The highest BCUT2D eigenvalue weighted by Crippen LogP contribution is 2.28. The maximum atomic E-state index is 12.5. The van der Waals surface area contributed by atoms with Crippen molar-refractivity contribution in [2.24, 2.45) is 0 Å². The summed E-state index contributed by atoms with van der Waals surface area (Å²) in [6.45, 7) is 4.29. The molecule has 1 N–H and O–H groups in total. The number of nitrogens with zero attached hydrogens (tertiary/aromatic N) is 1. The summed E-state index contributed by atoms with van der Waals surface area (Å²) in [5, 5.41) is 3.61. The van der Waals surface area contributed by atoms with Gasteiger partial charge in [-0.25, -0.2) is 4.98 Å². The monoisotopic (exact) mass is 424 g/mol. The average molecular weight is 425 g/mol. The maximum Gasteiger partial charge on any atom is 0.257 e. The van der Waals surface area contributed by atoms with Gasteiger partial charge >= 0.3 is 0 Å². The zero-order chi connectivity index (χ0) is 20.5. The van der Waals surface area contributed by atoms with E-state index in [0.717, 1.165) is 16.7 Å². The Labute approximate surface area is 178 Å². The van der Waals surface area contributed by atoms with Gasteiger partial charge in [0.1, 0.15) is 5.52 Å². The third kappa shape index (κ3) is 4.14. The minimum atomic E-state index is -0.326. The Morgan fingerprint density at radius 2 is 1.76 bits per heavy atom. The molecular formula is C23H18Cl2N2O2. The summed E-state index contributed by atoms with van der Waals surface area (Å²) >= 11 is 12.0. The minimum absolute atomic E-state index is 0.322. The second-order valence-corrected chi connectivity index (χ2v) is 7.90. The fourth-order valence-corrected chi connectivity index (χ4v) is 3.37. The van der Waals surface area contributed by atoms with Crippen LogP contribution in [0.3, 0.4) is 0 Å². The predicted molar refractivity (Wildman–Crippen MR) is 118 cm³/mol. The van der Waals surface area contributed by atoms with Crippen LogP contribution in [-0.2, 0) is 0 Å². The number of fused-ring (bicyclic) bond motifs is 1. The topological polar surface area (TPSA) is 55.1 Å². The van der Waals surface area contributed by atoms with Gasteiger partial charge < -0.3 is 9.73 Å². The Balaban J connectivity index is 1.55. The normalized spacial score (nSPS) is 11.2. The predicted octanol–water partition coefficient (Wildman–Crippen LogP) is 7.18. The van der Waals surface area contributed by atoms with E-state index in [1.807, 2.05) is 18.2 Å². The Kier molecular flexibility index (Phi) is 5.31. The fourth-order valence-electron chi connectivity index (χ4n) is 2.99. The first-order chi connectivity index (χ1) is 13.9. The zero-order valence-electron chi connectivity index (χ0n) is 15.9. The number of carbonyl (C=O) groups excluding carboxylic acids is 1. The maximum absolute atomic E-state index is 12.5. The quantitative estimate of drug-likeness (QED) is 0.377. The Morgan fingerprint density at radius 1 is 1.00 bits per heavy atom. The number of carbonyl (C=O) groups is 1. The van der Waals surface area contributed by atoms with Gasteiger partial charge in [-0.2, -0.15) is 0 Å². The lowest BCUT2D eigenvalue weighted by Gasteiger charge is -2.07. The molecule has 1 amide bonds. The van der Waals surface area contributed by atoms with Gasteiger partial charge in [0.25, 0.3) is 5.91 Å². The van der Waals surface area contributed by atoms with Crippen LogP contribution in [-0.4, -0.2) is 10.9 Å². The van der Waals surface area contributed by atoms with Crippen LogP contribution in [0.2, 0.25) is 10.0 Å². The van der Waals surface area contributed by atoms with E-state index >= 15 is 0 Å². The number of oxazole rings is 1. The van der Waals surface area contributed by atoms with Gasteiger partial charge in [-0.15, -0.1) is 0 Å². The lowest BCUT2D eigenvalue weighted by Crippen LogP contribution is -2.12. The lowest BCUT2D eigenvalue weighted by atomic mass is 10.0. The van der Waals surface area contributed by atoms with E-state index < -0.39 is 0 Å². The Bertz CT molecular complexity index is 1200. The van der Waals surface area contributed by atoms with E-state index in [4.69, 9.17) is 27.6 Å². The van der Waals surface area contributed by atoms with Crippen molar-refractivity contribution in [3.05, 3.63) is 81.8 Å². The van der Waals surface area contributed by atoms with Crippen molar-refractivity contribution in [2.75, 3.05) is 5.32 Å². The summed E-state index contributed by atoms with van der Waals surface area (Å²) in [4.78, 5) is 17.1. The number of hydrogen-bond acceptors (Lipinski definition) is 3. The first-order valence-electron chi connectivity index (χ1n) is 9.18. The molecule has 0 saturated heterocycles. The molecule has 4 nitrogen and oxygen atoms in total. The van der Waals surface area contributed by atoms with Crippen LogP contribution in [0.1, 0.15) is 35.7 Å². The average Bonchev–Trinajstić information content (AvgIpc) is 3.13. The third-order valence-electron chi connectivity index (χ3n) is 4.64. The SMILES string of the molecule is CC(C)c1ccc2oc(-c3ccc(NC(=O)c4cc(Cl)ccc4Cl)cc3)nc2c1. The molecule has 0 aliphatic rings. The highest BCUT2D eigenvalue weighted by molar-refractivity contribution is 6.36. The number of aromatic nitrogens is 1. The van der Waals surface area contributed by atoms with Gasteiger partial charge in [0.15, 0.2) is 5.58 Å². The molecule has 6 heteroatoms. The Hall–Kier alpha value is -2.82. The molecule has 3 aromatic carbocycles. The van der Waals surface area contributed by atoms with Crippen molar-refractivity contribution in [3.63, 3.8) is 0 Å². The Morgan fingerprint density at radius 3 is 2.48 bits per heavy atom. The molecule has 29 heavy (non-hydrogen) atoms. The number of amides is 1. The molecule has 4 rings (SSSR count). The molecule has 0 aliphatic heterocycles. The van der Waals surface area contributed by atoms with Crippen molar-refractivity contribution in [1.29, 1.82) is 0 Å². The molecule has 0 aliphatic carbocycles. The van der Waals surface area contributed by atoms with Crippen LogP contribution in [0.15, 0.2) is 65.1 Å². The molecule has 146 valence electrons. The largest absolute Gasteiger partial charge is 0.436 e.